The fourth-order valence-electron chi connectivity index (χ4n) is 3.51. The highest BCUT2D eigenvalue weighted by molar-refractivity contribution is 5.56. The quantitative estimate of drug-likeness (QED) is 0.798. The zero-order chi connectivity index (χ0) is 11.8. The van der Waals surface area contributed by atoms with Gasteiger partial charge in [0.2, 0.25) is 0 Å². The molecule has 2 nitrogen and oxygen atoms in total. The number of nitrogens with one attached hydrogen (secondary N) is 1. The van der Waals surface area contributed by atoms with Crippen molar-refractivity contribution in [3.8, 4) is 0 Å². The zero-order valence-corrected chi connectivity index (χ0v) is 10.9. The summed E-state index contributed by atoms with van der Waals surface area (Å²) < 4.78 is 0. The fraction of sp³-hybridized carbons (Fsp3) is 0.600. The highest BCUT2D eigenvalue weighted by Crippen LogP contribution is 2.32. The van der Waals surface area contributed by atoms with Crippen LogP contribution in [0.5, 0.6) is 0 Å². The highest BCUT2D eigenvalue weighted by Gasteiger charge is 2.35. The molecule has 92 valence electrons. The van der Waals surface area contributed by atoms with Crippen LogP contribution in [-0.4, -0.2) is 25.2 Å². The number of hydrogen-bond donors (Lipinski definition) is 1. The third kappa shape index (κ3) is 1.95. The summed E-state index contributed by atoms with van der Waals surface area (Å²) in [5, 5.41) is 3.67. The Bertz CT molecular complexity index is 413. The number of benzene rings is 1. The third-order valence-electron chi connectivity index (χ3n) is 4.30. The van der Waals surface area contributed by atoms with E-state index < -0.39 is 0 Å². The summed E-state index contributed by atoms with van der Waals surface area (Å²) in [4.78, 5) is 2.64. The van der Waals surface area contributed by atoms with E-state index >= 15 is 0 Å². The average Bonchev–Trinajstić information content (AvgIpc) is 2.77. The Morgan fingerprint density at radius 2 is 2.12 bits per heavy atom. The van der Waals surface area contributed by atoms with Crippen LogP contribution in [0.25, 0.3) is 0 Å². The van der Waals surface area contributed by atoms with Gasteiger partial charge in [-0.2, -0.15) is 0 Å². The fourth-order valence-corrected chi connectivity index (χ4v) is 3.51. The molecule has 0 spiro atoms. The van der Waals surface area contributed by atoms with E-state index in [-0.39, 0.29) is 0 Å². The molecule has 3 rings (SSSR count). The monoisotopic (exact) mass is 230 g/mol. The van der Waals surface area contributed by atoms with Gasteiger partial charge in [-0.25, -0.2) is 0 Å². The minimum absolute atomic E-state index is 0.726. The van der Waals surface area contributed by atoms with Crippen LogP contribution < -0.4 is 10.2 Å². The van der Waals surface area contributed by atoms with E-state index in [1.54, 1.807) is 0 Å². The van der Waals surface area contributed by atoms with Crippen molar-refractivity contribution < 1.29 is 0 Å². The molecule has 1 heterocycles. The van der Waals surface area contributed by atoms with Gasteiger partial charge in [-0.05, 0) is 44.7 Å². The van der Waals surface area contributed by atoms with Gasteiger partial charge >= 0.3 is 0 Å². The molecule has 0 radical (unpaired) electrons. The van der Waals surface area contributed by atoms with Gasteiger partial charge in [0.1, 0.15) is 0 Å². The van der Waals surface area contributed by atoms with Gasteiger partial charge in [0.05, 0.1) is 0 Å². The second-order valence-corrected chi connectivity index (χ2v) is 5.54. The van der Waals surface area contributed by atoms with Crippen molar-refractivity contribution in [2.24, 2.45) is 0 Å². The molecule has 1 aliphatic carbocycles. The summed E-state index contributed by atoms with van der Waals surface area (Å²) in [5.74, 6) is 0. The van der Waals surface area contributed by atoms with Crippen molar-refractivity contribution >= 4 is 5.69 Å². The van der Waals surface area contributed by atoms with Gasteiger partial charge in [0, 0.05) is 30.9 Å². The molecule has 0 aromatic heterocycles. The Morgan fingerprint density at radius 3 is 2.94 bits per heavy atom. The van der Waals surface area contributed by atoms with Gasteiger partial charge in [-0.15, -0.1) is 0 Å². The lowest BCUT2D eigenvalue weighted by Gasteiger charge is -2.41. The lowest BCUT2D eigenvalue weighted by molar-refractivity contribution is 0.403. The summed E-state index contributed by atoms with van der Waals surface area (Å²) in [6.45, 7) is 6.71. The van der Waals surface area contributed by atoms with E-state index in [2.05, 4.69) is 42.3 Å². The maximum absolute atomic E-state index is 3.67. The molecule has 1 aromatic carbocycles. The predicted octanol–water partition coefficient (Wildman–Crippen LogP) is 2.63. The molecule has 0 bridgehead atoms. The van der Waals surface area contributed by atoms with Crippen LogP contribution in [0.3, 0.4) is 0 Å². The highest BCUT2D eigenvalue weighted by atomic mass is 15.2. The lowest BCUT2D eigenvalue weighted by Crippen LogP contribution is -2.55. The van der Waals surface area contributed by atoms with Crippen molar-refractivity contribution in [2.45, 2.75) is 45.2 Å². The smallest absolute Gasteiger partial charge is 0.0443 e. The average molecular weight is 230 g/mol. The Hall–Kier alpha value is -1.02. The predicted molar refractivity (Wildman–Crippen MR) is 72.7 cm³/mol. The maximum atomic E-state index is 3.67. The molecule has 2 heteroatoms. The number of fused-ring (bicyclic) bond motifs is 1. The molecule has 1 N–H and O–H groups in total. The Morgan fingerprint density at radius 1 is 1.24 bits per heavy atom. The number of hydrogen-bond acceptors (Lipinski definition) is 2. The minimum atomic E-state index is 0.726. The first-order valence-electron chi connectivity index (χ1n) is 6.83. The SMILES string of the molecule is Cc1ccc(N2CCN[C@@H]3CCC[C@H]32)c(C)c1. The number of piperazine rings is 1. The Labute approximate surface area is 104 Å². The summed E-state index contributed by atoms with van der Waals surface area (Å²) in [6, 6.07) is 8.32. The second-order valence-electron chi connectivity index (χ2n) is 5.54. The number of rotatable bonds is 1. The standard InChI is InChI=1S/C15H22N2/c1-11-6-7-14(12(2)10-11)17-9-8-16-13-4-3-5-15(13)17/h6-7,10,13,15-16H,3-5,8-9H2,1-2H3/t13-,15-/m1/s1. The molecule has 0 amide bonds. The van der Waals surface area contributed by atoms with Gasteiger partial charge in [-0.3, -0.25) is 0 Å². The summed E-state index contributed by atoms with van der Waals surface area (Å²) >= 11 is 0. The molecule has 2 aliphatic rings. The van der Waals surface area contributed by atoms with E-state index in [0.717, 1.165) is 25.2 Å². The molecule has 1 saturated carbocycles. The van der Waals surface area contributed by atoms with Crippen LogP contribution in [0, 0.1) is 13.8 Å². The molecule has 1 aromatic rings. The second kappa shape index (κ2) is 4.34. The number of anilines is 1. The summed E-state index contributed by atoms with van der Waals surface area (Å²) in [7, 11) is 0. The van der Waals surface area contributed by atoms with Gasteiger partial charge in [-0.1, -0.05) is 17.7 Å². The van der Waals surface area contributed by atoms with Crippen molar-refractivity contribution in [1.29, 1.82) is 0 Å². The van der Waals surface area contributed by atoms with E-state index in [9.17, 15) is 0 Å². The molecule has 1 aliphatic heterocycles. The topological polar surface area (TPSA) is 15.3 Å². The molecule has 17 heavy (non-hydrogen) atoms. The van der Waals surface area contributed by atoms with Crippen molar-refractivity contribution in [3.63, 3.8) is 0 Å². The van der Waals surface area contributed by atoms with Crippen molar-refractivity contribution in [1.82, 2.24) is 5.32 Å². The van der Waals surface area contributed by atoms with Crippen LogP contribution in [0.2, 0.25) is 0 Å². The van der Waals surface area contributed by atoms with E-state index in [0.29, 0.717) is 0 Å². The third-order valence-corrected chi connectivity index (χ3v) is 4.30. The van der Waals surface area contributed by atoms with Crippen LogP contribution in [-0.2, 0) is 0 Å². The molecule has 0 unspecified atom stereocenters. The van der Waals surface area contributed by atoms with Gasteiger partial charge in [0.15, 0.2) is 0 Å². The molecular formula is C15H22N2. The first kappa shape index (κ1) is 11.1. The normalized spacial score (nSPS) is 28.2. The van der Waals surface area contributed by atoms with Crippen LogP contribution in [0.4, 0.5) is 5.69 Å². The Balaban J connectivity index is 1.91. The first-order chi connectivity index (χ1) is 8.25. The van der Waals surface area contributed by atoms with Gasteiger partial charge < -0.3 is 10.2 Å². The largest absolute Gasteiger partial charge is 0.365 e. The molecule has 1 saturated heterocycles. The Kier molecular flexibility index (Phi) is 2.83. The molecular weight excluding hydrogens is 208 g/mol. The van der Waals surface area contributed by atoms with Crippen molar-refractivity contribution in [2.75, 3.05) is 18.0 Å². The zero-order valence-electron chi connectivity index (χ0n) is 10.9. The van der Waals surface area contributed by atoms with Crippen LogP contribution in [0.15, 0.2) is 18.2 Å². The van der Waals surface area contributed by atoms with Gasteiger partial charge in [0.25, 0.3) is 0 Å². The van der Waals surface area contributed by atoms with E-state index in [4.69, 9.17) is 0 Å². The molecule has 2 fully saturated rings. The minimum Gasteiger partial charge on any atom is -0.365 e. The van der Waals surface area contributed by atoms with Crippen molar-refractivity contribution in [3.05, 3.63) is 29.3 Å². The first-order valence-corrected chi connectivity index (χ1v) is 6.83. The molecule has 2 atom stereocenters. The number of nitrogens with zero attached hydrogens (tertiary/aromatic N) is 1. The van der Waals surface area contributed by atoms with Crippen LogP contribution in [0.1, 0.15) is 30.4 Å². The number of aryl methyl sites for hydroxylation is 2. The van der Waals surface area contributed by atoms with E-state index in [1.807, 2.05) is 0 Å². The van der Waals surface area contributed by atoms with E-state index in [1.165, 1.54) is 36.1 Å². The maximum Gasteiger partial charge on any atom is 0.0443 e. The summed E-state index contributed by atoms with van der Waals surface area (Å²) in [5.41, 5.74) is 4.25. The lowest BCUT2D eigenvalue weighted by atomic mass is 10.0. The summed E-state index contributed by atoms with van der Waals surface area (Å²) in [6.07, 6.45) is 4.08. The van der Waals surface area contributed by atoms with Crippen LogP contribution >= 0.6 is 0 Å².